The first-order valence-electron chi connectivity index (χ1n) is 8.30. The summed E-state index contributed by atoms with van der Waals surface area (Å²) in [5.74, 6) is 1.54. The Morgan fingerprint density at radius 1 is 1.44 bits per heavy atom. The van der Waals surface area contributed by atoms with E-state index < -0.39 is 0 Å². The smallest absolute Gasteiger partial charge is 0.273 e. The van der Waals surface area contributed by atoms with Crippen LogP contribution in [-0.2, 0) is 4.74 Å². The van der Waals surface area contributed by atoms with E-state index in [-0.39, 0.29) is 24.4 Å². The fourth-order valence-corrected chi connectivity index (χ4v) is 3.51. The second-order valence-electron chi connectivity index (χ2n) is 5.95. The number of carbonyl (C=O) groups excluding carboxylic acids is 1. The van der Waals surface area contributed by atoms with E-state index in [1.807, 2.05) is 24.0 Å². The van der Waals surface area contributed by atoms with Gasteiger partial charge in [0.05, 0.1) is 6.10 Å². The molecule has 0 radical (unpaired) electrons. The third kappa shape index (κ3) is 5.04. The maximum Gasteiger partial charge on any atom is 0.273 e. The highest BCUT2D eigenvalue weighted by Gasteiger charge is 2.25. The Morgan fingerprint density at radius 3 is 2.84 bits per heavy atom. The molecule has 0 saturated carbocycles. The summed E-state index contributed by atoms with van der Waals surface area (Å²) in [5, 5.41) is 2.55. The number of hydrogen-bond acceptors (Lipinski definition) is 6. The van der Waals surface area contributed by atoms with Gasteiger partial charge in [0.25, 0.3) is 5.91 Å². The van der Waals surface area contributed by atoms with E-state index in [0.717, 1.165) is 30.0 Å². The van der Waals surface area contributed by atoms with E-state index in [1.54, 1.807) is 5.38 Å². The predicted octanol–water partition coefficient (Wildman–Crippen LogP) is 3.10. The predicted molar refractivity (Wildman–Crippen MR) is 100 cm³/mol. The van der Waals surface area contributed by atoms with E-state index in [2.05, 4.69) is 4.98 Å². The first-order chi connectivity index (χ1) is 11.7. The molecule has 0 spiro atoms. The molecule has 0 atom stereocenters. The minimum absolute atomic E-state index is 0. The summed E-state index contributed by atoms with van der Waals surface area (Å²) < 4.78 is 11.3. The number of nitrogens with two attached hydrogens (primary N) is 1. The number of halogens is 1. The van der Waals surface area contributed by atoms with Gasteiger partial charge < -0.3 is 19.8 Å². The van der Waals surface area contributed by atoms with Crippen molar-refractivity contribution in [3.63, 3.8) is 0 Å². The van der Waals surface area contributed by atoms with Gasteiger partial charge in [0.1, 0.15) is 11.5 Å². The molecule has 2 aromatic rings. The number of aromatic nitrogens is 1. The van der Waals surface area contributed by atoms with Crippen molar-refractivity contribution >= 4 is 29.7 Å². The van der Waals surface area contributed by atoms with Gasteiger partial charge in [0.2, 0.25) is 0 Å². The standard InChI is InChI=1S/C17H23N3O3S.ClH/c1-12-3-4-15(23-12)16-19-14(11-24-16)17(21)20-8-5-13(6-9-20)22-10-2-7-18;/h3-4,11,13H,2,5-10,18H2,1H3;1H. The van der Waals surface area contributed by atoms with E-state index >= 15 is 0 Å². The van der Waals surface area contributed by atoms with Crippen LogP contribution in [0.15, 0.2) is 21.9 Å². The van der Waals surface area contributed by atoms with Crippen molar-refractivity contribution in [1.29, 1.82) is 0 Å². The van der Waals surface area contributed by atoms with Gasteiger partial charge in [-0.1, -0.05) is 0 Å². The molecule has 8 heteroatoms. The largest absolute Gasteiger partial charge is 0.459 e. The number of rotatable bonds is 6. The lowest BCUT2D eigenvalue weighted by Crippen LogP contribution is -2.41. The van der Waals surface area contributed by atoms with Crippen molar-refractivity contribution in [3.8, 4) is 10.8 Å². The molecule has 1 saturated heterocycles. The Kier molecular flexibility index (Phi) is 7.43. The number of hydrogen-bond donors (Lipinski definition) is 1. The Bertz CT molecular complexity index is 680. The summed E-state index contributed by atoms with van der Waals surface area (Å²) in [6, 6.07) is 3.78. The zero-order chi connectivity index (χ0) is 16.9. The van der Waals surface area contributed by atoms with Crippen LogP contribution in [0.3, 0.4) is 0 Å². The minimum Gasteiger partial charge on any atom is -0.459 e. The molecule has 1 amide bonds. The Morgan fingerprint density at radius 2 is 2.20 bits per heavy atom. The molecule has 6 nitrogen and oxygen atoms in total. The molecule has 0 aliphatic carbocycles. The topological polar surface area (TPSA) is 81.6 Å². The second kappa shape index (κ2) is 9.33. The lowest BCUT2D eigenvalue weighted by Gasteiger charge is -2.31. The summed E-state index contributed by atoms with van der Waals surface area (Å²) >= 11 is 1.43. The zero-order valence-corrected chi connectivity index (χ0v) is 15.9. The molecule has 1 fully saturated rings. The van der Waals surface area contributed by atoms with E-state index in [4.69, 9.17) is 14.9 Å². The van der Waals surface area contributed by atoms with Crippen molar-refractivity contribution in [3.05, 3.63) is 29.0 Å². The van der Waals surface area contributed by atoms with Crippen molar-refractivity contribution in [2.45, 2.75) is 32.3 Å². The molecule has 2 aromatic heterocycles. The fraction of sp³-hybridized carbons (Fsp3) is 0.529. The number of piperidine rings is 1. The molecule has 0 unspecified atom stereocenters. The van der Waals surface area contributed by atoms with Crippen molar-refractivity contribution in [2.24, 2.45) is 5.73 Å². The first kappa shape index (κ1) is 19.9. The summed E-state index contributed by atoms with van der Waals surface area (Å²) in [4.78, 5) is 18.9. The average molecular weight is 386 g/mol. The van der Waals surface area contributed by atoms with Crippen LogP contribution in [0, 0.1) is 6.92 Å². The third-order valence-electron chi connectivity index (χ3n) is 4.11. The van der Waals surface area contributed by atoms with Crippen molar-refractivity contribution in [2.75, 3.05) is 26.2 Å². The summed E-state index contributed by atoms with van der Waals surface area (Å²) in [6.07, 6.45) is 2.85. The maximum atomic E-state index is 12.6. The normalized spacial score (nSPS) is 15.2. The quantitative estimate of drug-likeness (QED) is 0.772. The zero-order valence-electron chi connectivity index (χ0n) is 14.3. The van der Waals surface area contributed by atoms with Gasteiger partial charge in [-0.05, 0) is 44.9 Å². The molecule has 3 heterocycles. The minimum atomic E-state index is -0.0128. The number of aryl methyl sites for hydroxylation is 1. The van der Waals surface area contributed by atoms with Gasteiger partial charge in [-0.3, -0.25) is 4.79 Å². The summed E-state index contributed by atoms with van der Waals surface area (Å²) in [5.41, 5.74) is 5.96. The highest BCUT2D eigenvalue weighted by atomic mass is 35.5. The van der Waals surface area contributed by atoms with E-state index in [0.29, 0.717) is 37.7 Å². The van der Waals surface area contributed by atoms with Gasteiger partial charge in [0, 0.05) is 25.1 Å². The number of thiazole rings is 1. The van der Waals surface area contributed by atoms with Crippen LogP contribution in [0.25, 0.3) is 10.8 Å². The number of nitrogens with zero attached hydrogens (tertiary/aromatic N) is 2. The van der Waals surface area contributed by atoms with Gasteiger partial charge in [-0.2, -0.15) is 0 Å². The number of likely N-dealkylation sites (tertiary alicyclic amines) is 1. The van der Waals surface area contributed by atoms with Crippen LogP contribution in [0.2, 0.25) is 0 Å². The number of furan rings is 1. The Balaban J connectivity index is 0.00000225. The SMILES string of the molecule is Cc1ccc(-c2nc(C(=O)N3CCC(OCCCN)CC3)cs2)o1.Cl. The molecule has 2 N–H and O–H groups in total. The second-order valence-corrected chi connectivity index (χ2v) is 6.81. The molecule has 1 aliphatic rings. The Hall–Kier alpha value is -1.41. The molecular weight excluding hydrogens is 362 g/mol. The highest BCUT2D eigenvalue weighted by molar-refractivity contribution is 7.13. The van der Waals surface area contributed by atoms with Crippen LogP contribution in [0.5, 0.6) is 0 Å². The monoisotopic (exact) mass is 385 g/mol. The summed E-state index contributed by atoms with van der Waals surface area (Å²) in [7, 11) is 0. The first-order valence-corrected chi connectivity index (χ1v) is 9.18. The summed E-state index contributed by atoms with van der Waals surface area (Å²) in [6.45, 7) is 4.66. The van der Waals surface area contributed by atoms with Crippen LogP contribution in [0.1, 0.15) is 35.5 Å². The number of carbonyl (C=O) groups is 1. The van der Waals surface area contributed by atoms with Gasteiger partial charge in [0.15, 0.2) is 10.8 Å². The number of ether oxygens (including phenoxy) is 1. The van der Waals surface area contributed by atoms with Crippen LogP contribution < -0.4 is 5.73 Å². The molecule has 3 rings (SSSR count). The van der Waals surface area contributed by atoms with Gasteiger partial charge in [-0.25, -0.2) is 4.98 Å². The number of amides is 1. The molecular formula is C17H24ClN3O3S. The molecule has 1 aliphatic heterocycles. The van der Waals surface area contributed by atoms with Crippen LogP contribution in [0.4, 0.5) is 0 Å². The fourth-order valence-electron chi connectivity index (χ4n) is 2.76. The maximum absolute atomic E-state index is 12.6. The van der Waals surface area contributed by atoms with Gasteiger partial charge in [-0.15, -0.1) is 23.7 Å². The van der Waals surface area contributed by atoms with Crippen molar-refractivity contribution in [1.82, 2.24) is 9.88 Å². The van der Waals surface area contributed by atoms with Crippen LogP contribution >= 0.6 is 23.7 Å². The van der Waals surface area contributed by atoms with Crippen LogP contribution in [-0.4, -0.2) is 48.1 Å². The average Bonchev–Trinajstić information content (AvgIpc) is 3.24. The van der Waals surface area contributed by atoms with Gasteiger partial charge >= 0.3 is 0 Å². The lowest BCUT2D eigenvalue weighted by molar-refractivity contribution is 0.00831. The van der Waals surface area contributed by atoms with E-state index in [1.165, 1.54) is 11.3 Å². The lowest BCUT2D eigenvalue weighted by atomic mass is 10.1. The molecule has 25 heavy (non-hydrogen) atoms. The Labute approximate surface area is 157 Å². The van der Waals surface area contributed by atoms with Crippen molar-refractivity contribution < 1.29 is 13.9 Å². The molecule has 0 aromatic carbocycles. The highest BCUT2D eigenvalue weighted by Crippen LogP contribution is 2.26. The third-order valence-corrected chi connectivity index (χ3v) is 4.96. The van der Waals surface area contributed by atoms with E-state index in [9.17, 15) is 4.79 Å². The molecule has 0 bridgehead atoms. The molecule has 138 valence electrons.